The van der Waals surface area contributed by atoms with Crippen molar-refractivity contribution in [3.63, 3.8) is 0 Å². The van der Waals surface area contributed by atoms with E-state index in [9.17, 15) is 9.59 Å². The lowest BCUT2D eigenvalue weighted by molar-refractivity contribution is -0.168. The number of aromatic nitrogens is 2. The molecular weight excluding hydrogens is 548 g/mol. The molecule has 4 fully saturated rings. The Morgan fingerprint density at radius 3 is 2.38 bits per heavy atom. The largest absolute Gasteiger partial charge is 0.465 e. The van der Waals surface area contributed by atoms with Gasteiger partial charge in [-0.05, 0) is 69.2 Å². The van der Waals surface area contributed by atoms with Crippen molar-refractivity contribution < 1.29 is 19.5 Å². The summed E-state index contributed by atoms with van der Waals surface area (Å²) < 4.78 is 0. The molecule has 0 radical (unpaired) electrons. The molecule has 1 aliphatic carbocycles. The number of likely N-dealkylation sites (tertiary alicyclic amines) is 2. The summed E-state index contributed by atoms with van der Waals surface area (Å²) in [5.74, 6) is 0.773. The van der Waals surface area contributed by atoms with E-state index >= 15 is 0 Å². The zero-order valence-electron chi connectivity index (χ0n) is 23.2. The van der Waals surface area contributed by atoms with Crippen molar-refractivity contribution in [2.24, 2.45) is 0 Å². The summed E-state index contributed by atoms with van der Waals surface area (Å²) in [4.78, 5) is 43.2. The Bertz CT molecular complexity index is 1120. The van der Waals surface area contributed by atoms with Crippen LogP contribution in [0.3, 0.4) is 0 Å². The van der Waals surface area contributed by atoms with Gasteiger partial charge >= 0.3 is 12.2 Å². The van der Waals surface area contributed by atoms with E-state index < -0.39 is 11.6 Å². The minimum Gasteiger partial charge on any atom is -0.465 e. The number of thioether (sulfide) groups is 1. The first-order valence-corrected chi connectivity index (χ1v) is 16.4. The summed E-state index contributed by atoms with van der Waals surface area (Å²) in [5, 5.41) is 16.2. The number of piperidine rings is 2. The van der Waals surface area contributed by atoms with Gasteiger partial charge in [0.05, 0.1) is 23.0 Å². The lowest BCUT2D eigenvalue weighted by Crippen LogP contribution is -2.51. The first kappa shape index (κ1) is 28.9. The van der Waals surface area contributed by atoms with Crippen LogP contribution in [-0.2, 0) is 10.4 Å². The van der Waals surface area contributed by atoms with E-state index in [1.54, 1.807) is 17.7 Å². The van der Waals surface area contributed by atoms with E-state index in [-0.39, 0.29) is 11.5 Å². The van der Waals surface area contributed by atoms with Crippen molar-refractivity contribution in [2.75, 3.05) is 37.2 Å². The molecule has 2 atom stereocenters. The summed E-state index contributed by atoms with van der Waals surface area (Å²) in [6.45, 7) is 5.15. The van der Waals surface area contributed by atoms with Crippen LogP contribution >= 0.6 is 23.1 Å². The van der Waals surface area contributed by atoms with Gasteiger partial charge in [-0.15, -0.1) is 28.2 Å². The summed E-state index contributed by atoms with van der Waals surface area (Å²) in [6.07, 6.45) is 12.2. The van der Waals surface area contributed by atoms with Gasteiger partial charge in [0.25, 0.3) is 0 Å². The molecule has 2 aromatic rings. The molecule has 218 valence electrons. The minimum atomic E-state index is -0.769. The van der Waals surface area contributed by atoms with Gasteiger partial charge in [0.15, 0.2) is 0 Å². The SMILES string of the molecule is CCC1SCC(c2cccs2)(c2ncncc2NC2CC2)N1OC(=O)N1CCCCC1.O=C(O)N1CCCCC1. The third kappa shape index (κ3) is 6.49. The fourth-order valence-corrected chi connectivity index (χ4v) is 7.97. The van der Waals surface area contributed by atoms with Crippen LogP contribution in [0.5, 0.6) is 0 Å². The topological polar surface area (TPSA) is 111 Å². The number of amides is 2. The second kappa shape index (κ2) is 13.4. The number of anilines is 1. The third-order valence-electron chi connectivity index (χ3n) is 7.86. The van der Waals surface area contributed by atoms with Crippen LogP contribution in [0, 0.1) is 0 Å². The molecule has 10 nitrogen and oxygen atoms in total. The number of carboxylic acid groups (broad SMARTS) is 1. The Balaban J connectivity index is 0.000000306. The predicted octanol–water partition coefficient (Wildman–Crippen LogP) is 5.83. The van der Waals surface area contributed by atoms with Crippen molar-refractivity contribution in [1.82, 2.24) is 24.8 Å². The van der Waals surface area contributed by atoms with Crippen molar-refractivity contribution in [3.8, 4) is 0 Å². The molecule has 1 saturated carbocycles. The molecule has 0 aromatic carbocycles. The maximum absolute atomic E-state index is 13.2. The molecular formula is C28H40N6O4S2. The summed E-state index contributed by atoms with van der Waals surface area (Å²) >= 11 is 3.52. The Morgan fingerprint density at radius 2 is 1.80 bits per heavy atom. The molecule has 2 unspecified atom stereocenters. The average molecular weight is 589 g/mol. The molecule has 4 aliphatic rings. The van der Waals surface area contributed by atoms with Crippen LogP contribution in [0.2, 0.25) is 0 Å². The van der Waals surface area contributed by atoms with Crippen molar-refractivity contribution in [2.45, 2.75) is 81.7 Å². The Morgan fingerprint density at radius 1 is 1.10 bits per heavy atom. The molecule has 5 heterocycles. The molecule has 0 spiro atoms. The molecule has 40 heavy (non-hydrogen) atoms. The lowest BCUT2D eigenvalue weighted by Gasteiger charge is -2.39. The van der Waals surface area contributed by atoms with Gasteiger partial charge in [-0.2, -0.15) is 0 Å². The normalized spacial score (nSPS) is 25.2. The van der Waals surface area contributed by atoms with Gasteiger partial charge in [0.1, 0.15) is 11.9 Å². The van der Waals surface area contributed by atoms with Gasteiger partial charge in [-0.1, -0.05) is 13.0 Å². The zero-order chi connectivity index (χ0) is 28.0. The van der Waals surface area contributed by atoms with Gasteiger partial charge in [0, 0.05) is 42.9 Å². The molecule has 2 amide bonds. The number of nitrogens with one attached hydrogen (secondary N) is 1. The molecule has 12 heteroatoms. The van der Waals surface area contributed by atoms with Crippen LogP contribution < -0.4 is 5.32 Å². The van der Waals surface area contributed by atoms with Crippen molar-refractivity contribution in [3.05, 3.63) is 40.6 Å². The number of thiophene rings is 1. The monoisotopic (exact) mass is 588 g/mol. The summed E-state index contributed by atoms with van der Waals surface area (Å²) in [7, 11) is 0. The first-order valence-electron chi connectivity index (χ1n) is 14.5. The highest BCUT2D eigenvalue weighted by Crippen LogP contribution is 2.52. The number of hydrogen-bond donors (Lipinski definition) is 2. The van der Waals surface area contributed by atoms with E-state index in [2.05, 4.69) is 34.7 Å². The predicted molar refractivity (Wildman–Crippen MR) is 158 cm³/mol. The van der Waals surface area contributed by atoms with Gasteiger partial charge in [0.2, 0.25) is 0 Å². The lowest BCUT2D eigenvalue weighted by atomic mass is 9.93. The van der Waals surface area contributed by atoms with E-state index in [1.807, 2.05) is 27.9 Å². The van der Waals surface area contributed by atoms with E-state index in [0.29, 0.717) is 6.04 Å². The quantitative estimate of drug-likeness (QED) is 0.431. The standard InChI is InChI=1S/C22H29N5O2S2.C6H11NO2/c1-2-19-27(29-21(28)26-10-4-3-5-11-26)22(14-31-19,18-7-6-12-30-18)20-17(13-23-15-24-20)25-16-8-9-16;8-6(9)7-4-2-1-3-5-7/h6-7,12-13,15-16,19,25H,2-5,8-11,14H2,1H3;1-5H2,(H,8,9). The number of nitrogens with zero attached hydrogens (tertiary/aromatic N) is 5. The summed E-state index contributed by atoms with van der Waals surface area (Å²) in [6, 6.07) is 4.67. The summed E-state index contributed by atoms with van der Waals surface area (Å²) in [5.41, 5.74) is 1.20. The van der Waals surface area contributed by atoms with Crippen molar-refractivity contribution >= 4 is 41.0 Å². The molecule has 2 N–H and O–H groups in total. The number of hydrogen-bond acceptors (Lipinski definition) is 9. The van der Waals surface area contributed by atoms with Gasteiger partial charge in [-0.25, -0.2) is 19.6 Å². The third-order valence-corrected chi connectivity index (χ3v) is 10.4. The molecule has 6 rings (SSSR count). The maximum atomic E-state index is 13.2. The smallest absolute Gasteiger partial charge is 0.429 e. The number of rotatable bonds is 6. The molecule has 0 bridgehead atoms. The van der Waals surface area contributed by atoms with Gasteiger partial charge in [-0.3, -0.25) is 0 Å². The number of carbonyl (C=O) groups is 2. The van der Waals surface area contributed by atoms with Crippen LogP contribution in [0.25, 0.3) is 0 Å². The van der Waals surface area contributed by atoms with Crippen LogP contribution in [0.4, 0.5) is 15.3 Å². The number of hydroxylamine groups is 2. The maximum Gasteiger partial charge on any atom is 0.429 e. The highest BCUT2D eigenvalue weighted by Gasteiger charge is 2.55. The van der Waals surface area contributed by atoms with Crippen molar-refractivity contribution in [1.29, 1.82) is 0 Å². The number of carbonyl (C=O) groups excluding carboxylic acids is 1. The fourth-order valence-electron chi connectivity index (χ4n) is 5.51. The Labute approximate surface area is 244 Å². The molecule has 3 saturated heterocycles. The minimum absolute atomic E-state index is 0.0691. The highest BCUT2D eigenvalue weighted by molar-refractivity contribution is 8.00. The highest BCUT2D eigenvalue weighted by atomic mass is 32.2. The fraction of sp³-hybridized carbons (Fsp3) is 0.643. The van der Waals surface area contributed by atoms with E-state index in [1.165, 1.54) is 30.6 Å². The van der Waals surface area contributed by atoms with Crippen LogP contribution in [0.1, 0.15) is 75.3 Å². The van der Waals surface area contributed by atoms with E-state index in [0.717, 1.165) is 80.3 Å². The Kier molecular flexibility index (Phi) is 9.69. The molecule has 3 aliphatic heterocycles. The average Bonchev–Trinajstić information content (AvgIpc) is 3.49. The van der Waals surface area contributed by atoms with Gasteiger partial charge < -0.3 is 25.1 Å². The van der Waals surface area contributed by atoms with Crippen LogP contribution in [-0.4, -0.2) is 85.5 Å². The van der Waals surface area contributed by atoms with E-state index in [4.69, 9.17) is 14.9 Å². The van der Waals surface area contributed by atoms with Crippen LogP contribution in [0.15, 0.2) is 30.0 Å². The zero-order valence-corrected chi connectivity index (χ0v) is 24.8. The molecule has 2 aromatic heterocycles. The second-order valence-electron chi connectivity index (χ2n) is 10.8. The first-order chi connectivity index (χ1) is 19.5. The Hall–Kier alpha value is -2.57. The second-order valence-corrected chi connectivity index (χ2v) is 12.9.